The molecule has 3 aromatic carbocycles. The van der Waals surface area contributed by atoms with Gasteiger partial charge in [-0.15, -0.1) is 0 Å². The molecular formula is C28H27NO. The summed E-state index contributed by atoms with van der Waals surface area (Å²) in [6.07, 6.45) is 0.867. The van der Waals surface area contributed by atoms with E-state index in [0.717, 1.165) is 45.3 Å². The van der Waals surface area contributed by atoms with Crippen LogP contribution in [0, 0.1) is 6.92 Å². The van der Waals surface area contributed by atoms with Gasteiger partial charge in [0.2, 0.25) is 0 Å². The van der Waals surface area contributed by atoms with Crippen LogP contribution in [0.4, 0.5) is 0 Å². The fourth-order valence-corrected chi connectivity index (χ4v) is 4.39. The standard InChI is InChI=1S/C28H27NO/c1-6-20-16-23-26(29-25-12-11-17(2)13-22(25)27(23)30-20)19-14-18-9-7-8-10-21(18)24(15-19)28(3,4)5/h7-16H,6H2,1-5H3. The number of aryl methyl sites for hydroxylation is 2. The van der Waals surface area contributed by atoms with Crippen molar-refractivity contribution in [2.45, 2.75) is 46.5 Å². The van der Waals surface area contributed by atoms with E-state index in [1.54, 1.807) is 0 Å². The first-order valence-electron chi connectivity index (χ1n) is 10.7. The zero-order valence-corrected chi connectivity index (χ0v) is 18.3. The second-order valence-corrected chi connectivity index (χ2v) is 9.29. The molecule has 5 aromatic rings. The molecule has 0 saturated heterocycles. The molecule has 0 saturated carbocycles. The van der Waals surface area contributed by atoms with Gasteiger partial charge in [0.1, 0.15) is 11.3 Å². The zero-order valence-electron chi connectivity index (χ0n) is 18.3. The van der Waals surface area contributed by atoms with E-state index < -0.39 is 0 Å². The minimum absolute atomic E-state index is 0.0354. The van der Waals surface area contributed by atoms with Crippen molar-refractivity contribution in [1.82, 2.24) is 4.98 Å². The van der Waals surface area contributed by atoms with E-state index >= 15 is 0 Å². The smallest absolute Gasteiger partial charge is 0.145 e. The molecule has 2 aromatic heterocycles. The van der Waals surface area contributed by atoms with Gasteiger partial charge < -0.3 is 4.42 Å². The number of nitrogens with zero attached hydrogens (tertiary/aromatic N) is 1. The summed E-state index contributed by atoms with van der Waals surface area (Å²) < 4.78 is 6.29. The van der Waals surface area contributed by atoms with E-state index in [4.69, 9.17) is 9.40 Å². The van der Waals surface area contributed by atoms with Crippen LogP contribution in [0.3, 0.4) is 0 Å². The van der Waals surface area contributed by atoms with Crippen molar-refractivity contribution in [2.24, 2.45) is 0 Å². The molecule has 0 unspecified atom stereocenters. The normalized spacial score (nSPS) is 12.3. The molecule has 0 amide bonds. The van der Waals surface area contributed by atoms with Gasteiger partial charge in [-0.05, 0) is 59.0 Å². The Kier molecular flexibility index (Phi) is 4.21. The average Bonchev–Trinajstić information content (AvgIpc) is 3.16. The van der Waals surface area contributed by atoms with Crippen LogP contribution in [0.5, 0.6) is 0 Å². The second kappa shape index (κ2) is 6.70. The van der Waals surface area contributed by atoms with Gasteiger partial charge in [-0.1, -0.05) is 63.6 Å². The Morgan fingerprint density at radius 1 is 0.867 bits per heavy atom. The third-order valence-corrected chi connectivity index (χ3v) is 5.96. The maximum absolute atomic E-state index is 6.29. The first kappa shape index (κ1) is 18.9. The first-order chi connectivity index (χ1) is 14.3. The zero-order chi connectivity index (χ0) is 21.0. The Morgan fingerprint density at radius 3 is 2.43 bits per heavy atom. The van der Waals surface area contributed by atoms with E-state index in [9.17, 15) is 0 Å². The lowest BCUT2D eigenvalue weighted by Crippen LogP contribution is -2.12. The molecule has 0 aliphatic heterocycles. The fourth-order valence-electron chi connectivity index (χ4n) is 4.39. The molecule has 0 aliphatic carbocycles. The van der Waals surface area contributed by atoms with Gasteiger partial charge >= 0.3 is 0 Å². The Balaban J connectivity index is 1.90. The fraction of sp³-hybridized carbons (Fsp3) is 0.250. The highest BCUT2D eigenvalue weighted by atomic mass is 16.3. The Morgan fingerprint density at radius 2 is 1.67 bits per heavy atom. The number of hydrogen-bond acceptors (Lipinski definition) is 2. The summed E-state index contributed by atoms with van der Waals surface area (Å²) >= 11 is 0. The molecule has 30 heavy (non-hydrogen) atoms. The summed E-state index contributed by atoms with van der Waals surface area (Å²) in [4.78, 5) is 5.13. The number of benzene rings is 3. The van der Waals surface area contributed by atoms with Crippen LogP contribution in [0.1, 0.15) is 44.6 Å². The molecule has 0 atom stereocenters. The lowest BCUT2D eigenvalue weighted by atomic mass is 9.82. The summed E-state index contributed by atoms with van der Waals surface area (Å²) in [6.45, 7) is 11.1. The molecule has 2 heterocycles. The molecule has 0 bridgehead atoms. The summed E-state index contributed by atoms with van der Waals surface area (Å²) in [5.74, 6) is 0.999. The lowest BCUT2D eigenvalue weighted by molar-refractivity contribution is 0.559. The van der Waals surface area contributed by atoms with Crippen LogP contribution in [-0.2, 0) is 11.8 Å². The lowest BCUT2D eigenvalue weighted by Gasteiger charge is -2.23. The van der Waals surface area contributed by atoms with Crippen molar-refractivity contribution in [3.63, 3.8) is 0 Å². The summed E-state index contributed by atoms with van der Waals surface area (Å²) in [6, 6.07) is 21.8. The minimum atomic E-state index is 0.0354. The minimum Gasteiger partial charge on any atom is -0.460 e. The van der Waals surface area contributed by atoms with Gasteiger partial charge in [0, 0.05) is 22.8 Å². The highest BCUT2D eigenvalue weighted by Gasteiger charge is 2.21. The van der Waals surface area contributed by atoms with Crippen LogP contribution in [0.25, 0.3) is 43.9 Å². The first-order valence-corrected chi connectivity index (χ1v) is 10.7. The Bertz CT molecular complexity index is 1420. The van der Waals surface area contributed by atoms with Crippen molar-refractivity contribution in [3.05, 3.63) is 77.6 Å². The summed E-state index contributed by atoms with van der Waals surface area (Å²) in [7, 11) is 0. The topological polar surface area (TPSA) is 26.0 Å². The van der Waals surface area contributed by atoms with E-state index in [1.807, 2.05) is 0 Å². The quantitative estimate of drug-likeness (QED) is 0.304. The molecule has 2 nitrogen and oxygen atoms in total. The number of pyridine rings is 1. The van der Waals surface area contributed by atoms with Crippen LogP contribution >= 0.6 is 0 Å². The SMILES string of the molecule is CCc1cc2c(-c3cc(C(C)(C)C)c4ccccc4c3)nc3ccc(C)cc3c2o1. The maximum atomic E-state index is 6.29. The predicted octanol–water partition coefficient (Wildman–Crippen LogP) is 7.97. The van der Waals surface area contributed by atoms with Crippen molar-refractivity contribution in [1.29, 1.82) is 0 Å². The molecule has 0 aliphatic rings. The predicted molar refractivity (Wildman–Crippen MR) is 127 cm³/mol. The largest absolute Gasteiger partial charge is 0.460 e. The Hall–Kier alpha value is -3.13. The number of rotatable bonds is 2. The van der Waals surface area contributed by atoms with Gasteiger partial charge in [0.15, 0.2) is 0 Å². The number of hydrogen-bond donors (Lipinski definition) is 0. The molecule has 2 heteroatoms. The molecule has 0 radical (unpaired) electrons. The van der Waals surface area contributed by atoms with E-state index in [2.05, 4.69) is 95.3 Å². The Labute approximate surface area is 177 Å². The molecule has 5 rings (SSSR count). The van der Waals surface area contributed by atoms with Gasteiger partial charge in [0.05, 0.1) is 11.2 Å². The number of fused-ring (bicyclic) bond motifs is 4. The third kappa shape index (κ3) is 2.99. The van der Waals surface area contributed by atoms with Crippen LogP contribution in [-0.4, -0.2) is 4.98 Å². The second-order valence-electron chi connectivity index (χ2n) is 9.29. The van der Waals surface area contributed by atoms with Crippen molar-refractivity contribution >= 4 is 32.6 Å². The van der Waals surface area contributed by atoms with Gasteiger partial charge in [-0.25, -0.2) is 4.98 Å². The summed E-state index contributed by atoms with van der Waals surface area (Å²) in [5.41, 5.74) is 6.66. The molecular weight excluding hydrogens is 366 g/mol. The van der Waals surface area contributed by atoms with Gasteiger partial charge in [0.25, 0.3) is 0 Å². The van der Waals surface area contributed by atoms with Gasteiger partial charge in [-0.3, -0.25) is 0 Å². The number of aromatic nitrogens is 1. The molecule has 0 fully saturated rings. The van der Waals surface area contributed by atoms with Gasteiger partial charge in [-0.2, -0.15) is 0 Å². The highest BCUT2D eigenvalue weighted by Crippen LogP contribution is 2.39. The average molecular weight is 394 g/mol. The van der Waals surface area contributed by atoms with Crippen molar-refractivity contribution < 1.29 is 4.42 Å². The third-order valence-electron chi connectivity index (χ3n) is 5.96. The molecule has 150 valence electrons. The van der Waals surface area contributed by atoms with Crippen LogP contribution in [0.15, 0.2) is 65.1 Å². The van der Waals surface area contributed by atoms with E-state index in [-0.39, 0.29) is 5.41 Å². The van der Waals surface area contributed by atoms with Crippen LogP contribution < -0.4 is 0 Å². The maximum Gasteiger partial charge on any atom is 0.145 e. The van der Waals surface area contributed by atoms with E-state index in [0.29, 0.717) is 0 Å². The van der Waals surface area contributed by atoms with E-state index in [1.165, 1.54) is 21.9 Å². The van der Waals surface area contributed by atoms with Crippen LogP contribution in [0.2, 0.25) is 0 Å². The molecule has 0 N–H and O–H groups in total. The monoisotopic (exact) mass is 393 g/mol. The van der Waals surface area contributed by atoms with Crippen molar-refractivity contribution in [2.75, 3.05) is 0 Å². The number of furan rings is 1. The molecule has 0 spiro atoms. The highest BCUT2D eigenvalue weighted by molar-refractivity contribution is 6.09. The van der Waals surface area contributed by atoms with Crippen molar-refractivity contribution in [3.8, 4) is 11.3 Å². The summed E-state index contributed by atoms with van der Waals surface area (Å²) in [5, 5.41) is 4.74.